The van der Waals surface area contributed by atoms with Crippen LogP contribution in [-0.4, -0.2) is 37.2 Å². The van der Waals surface area contributed by atoms with Crippen molar-refractivity contribution in [1.29, 1.82) is 4.78 Å². The van der Waals surface area contributed by atoms with Crippen LogP contribution in [-0.2, 0) is 9.73 Å². The largest absolute Gasteiger partial charge is 0.391 e. The first-order valence-corrected chi connectivity index (χ1v) is 10.4. The average Bonchev–Trinajstić information content (AvgIpc) is 2.58. The van der Waals surface area contributed by atoms with Crippen LogP contribution in [0.5, 0.6) is 0 Å². The molecule has 4 N–H and O–H groups in total. The minimum Gasteiger partial charge on any atom is -0.391 e. The fourth-order valence-corrected chi connectivity index (χ4v) is 3.13. The number of aliphatic hydroxyl groups is 1. The maximum Gasteiger partial charge on any atom is 0.229 e. The van der Waals surface area contributed by atoms with Crippen LogP contribution in [0, 0.1) is 4.78 Å². The Morgan fingerprint density at radius 3 is 2.52 bits per heavy atom. The summed E-state index contributed by atoms with van der Waals surface area (Å²) in [6, 6.07) is 6.67. The number of anilines is 3. The van der Waals surface area contributed by atoms with Gasteiger partial charge in [0.2, 0.25) is 5.95 Å². The van der Waals surface area contributed by atoms with Gasteiger partial charge in [-0.2, -0.15) is 4.98 Å². The second-order valence-corrected chi connectivity index (χ2v) is 8.93. The first-order valence-electron chi connectivity index (χ1n) is 7.83. The third-order valence-corrected chi connectivity index (χ3v) is 6.16. The molecule has 0 aliphatic carbocycles. The first kappa shape index (κ1) is 19.6. The van der Waals surface area contributed by atoms with Crippen molar-refractivity contribution in [3.63, 3.8) is 0 Å². The number of hydrogen-bond donors (Lipinski definition) is 4. The Bertz CT molecular complexity index is 825. The molecule has 3 atom stereocenters. The van der Waals surface area contributed by atoms with E-state index >= 15 is 0 Å². The van der Waals surface area contributed by atoms with Crippen molar-refractivity contribution in [1.82, 2.24) is 9.97 Å². The molecular formula is C16H22BrN5O2S. The molecule has 0 saturated heterocycles. The van der Waals surface area contributed by atoms with Crippen LogP contribution in [0.25, 0.3) is 0 Å². The Kier molecular flexibility index (Phi) is 6.36. The van der Waals surface area contributed by atoms with Crippen molar-refractivity contribution in [2.24, 2.45) is 0 Å². The molecule has 0 saturated carbocycles. The summed E-state index contributed by atoms with van der Waals surface area (Å²) >= 11 is 3.38. The lowest BCUT2D eigenvalue weighted by Crippen LogP contribution is -2.28. The summed E-state index contributed by atoms with van der Waals surface area (Å²) in [4.78, 5) is 9.11. The van der Waals surface area contributed by atoms with Gasteiger partial charge in [0, 0.05) is 22.5 Å². The molecule has 1 aromatic carbocycles. The zero-order valence-electron chi connectivity index (χ0n) is 14.3. The predicted octanol–water partition coefficient (Wildman–Crippen LogP) is 3.59. The van der Waals surface area contributed by atoms with Gasteiger partial charge in [-0.15, -0.1) is 0 Å². The van der Waals surface area contributed by atoms with Crippen molar-refractivity contribution in [2.45, 2.75) is 37.8 Å². The number of nitrogens with zero attached hydrogens (tertiary/aromatic N) is 2. The Balaban J connectivity index is 2.18. The molecule has 25 heavy (non-hydrogen) atoms. The maximum absolute atomic E-state index is 12.1. The molecule has 0 radical (unpaired) electrons. The maximum atomic E-state index is 12.1. The van der Waals surface area contributed by atoms with E-state index in [0.717, 1.165) is 5.69 Å². The summed E-state index contributed by atoms with van der Waals surface area (Å²) in [7, 11) is -2.72. The number of halogens is 1. The minimum atomic E-state index is -2.72. The van der Waals surface area contributed by atoms with Gasteiger partial charge in [0.15, 0.2) is 0 Å². The Labute approximate surface area is 156 Å². The Morgan fingerprint density at radius 2 is 1.96 bits per heavy atom. The quantitative estimate of drug-likeness (QED) is 0.537. The summed E-state index contributed by atoms with van der Waals surface area (Å²) in [5.74, 6) is 1.24. The van der Waals surface area contributed by atoms with E-state index in [1.807, 2.05) is 6.92 Å². The molecule has 2 aromatic rings. The normalized spacial score (nSPS) is 15.9. The molecule has 1 heterocycles. The number of aromatic nitrogens is 2. The molecule has 1 aromatic heterocycles. The summed E-state index contributed by atoms with van der Waals surface area (Å²) in [6.45, 7) is 5.30. The van der Waals surface area contributed by atoms with Gasteiger partial charge in [0.05, 0.1) is 26.3 Å². The highest BCUT2D eigenvalue weighted by Gasteiger charge is 2.13. The minimum absolute atomic E-state index is 0.169. The smallest absolute Gasteiger partial charge is 0.229 e. The summed E-state index contributed by atoms with van der Waals surface area (Å²) in [5.41, 5.74) is 0.729. The fourth-order valence-electron chi connectivity index (χ4n) is 1.92. The zero-order chi connectivity index (χ0) is 18.6. The molecule has 0 bridgehead atoms. The summed E-state index contributed by atoms with van der Waals surface area (Å²) in [6.07, 6.45) is 1.10. The molecule has 2 rings (SSSR count). The van der Waals surface area contributed by atoms with E-state index in [4.69, 9.17) is 4.78 Å². The molecule has 0 aliphatic rings. The van der Waals surface area contributed by atoms with Crippen LogP contribution in [0.4, 0.5) is 17.5 Å². The van der Waals surface area contributed by atoms with E-state index in [2.05, 4.69) is 36.5 Å². The van der Waals surface area contributed by atoms with E-state index in [1.165, 1.54) is 0 Å². The molecular weight excluding hydrogens is 406 g/mol. The molecule has 9 heteroatoms. The molecule has 0 fully saturated rings. The second-order valence-electron chi connectivity index (χ2n) is 5.68. The number of rotatable bonds is 7. The lowest BCUT2D eigenvalue weighted by Gasteiger charge is -2.18. The van der Waals surface area contributed by atoms with E-state index in [-0.39, 0.29) is 11.8 Å². The van der Waals surface area contributed by atoms with Crippen molar-refractivity contribution in [3.8, 4) is 0 Å². The number of nitrogens with one attached hydrogen (secondary N) is 3. The van der Waals surface area contributed by atoms with E-state index < -0.39 is 15.8 Å². The highest BCUT2D eigenvalue weighted by molar-refractivity contribution is 9.10. The Morgan fingerprint density at radius 1 is 1.32 bits per heavy atom. The number of aliphatic hydroxyl groups excluding tert-OH is 1. The zero-order valence-corrected chi connectivity index (χ0v) is 16.7. The van der Waals surface area contributed by atoms with Gasteiger partial charge in [-0.1, -0.05) is 6.92 Å². The monoisotopic (exact) mass is 427 g/mol. The van der Waals surface area contributed by atoms with Crippen molar-refractivity contribution < 1.29 is 9.32 Å². The fraction of sp³-hybridized carbons (Fsp3) is 0.375. The van der Waals surface area contributed by atoms with E-state index in [1.54, 1.807) is 44.3 Å². The van der Waals surface area contributed by atoms with Gasteiger partial charge in [-0.25, -0.2) is 14.0 Å². The topological polar surface area (TPSA) is 111 Å². The van der Waals surface area contributed by atoms with Gasteiger partial charge >= 0.3 is 0 Å². The van der Waals surface area contributed by atoms with Gasteiger partial charge in [0.1, 0.15) is 5.82 Å². The highest BCUT2D eigenvalue weighted by atomic mass is 79.9. The van der Waals surface area contributed by atoms with Crippen LogP contribution >= 0.6 is 15.9 Å². The van der Waals surface area contributed by atoms with Crippen molar-refractivity contribution in [3.05, 3.63) is 34.9 Å². The molecule has 0 aliphatic heterocycles. The van der Waals surface area contributed by atoms with Crippen LogP contribution in [0.15, 0.2) is 39.8 Å². The second kappa shape index (κ2) is 8.11. The van der Waals surface area contributed by atoms with Crippen molar-refractivity contribution >= 4 is 43.1 Å². The van der Waals surface area contributed by atoms with Gasteiger partial charge < -0.3 is 15.7 Å². The lowest BCUT2D eigenvalue weighted by molar-refractivity contribution is 0.177. The molecule has 7 nitrogen and oxygen atoms in total. The third-order valence-electron chi connectivity index (χ3n) is 3.73. The van der Waals surface area contributed by atoms with E-state index in [0.29, 0.717) is 21.1 Å². The Hall–Kier alpha value is -1.71. The average molecular weight is 428 g/mol. The van der Waals surface area contributed by atoms with Gasteiger partial charge in [-0.05, 0) is 54.0 Å². The standard InChI is InChI=1S/C16H22BrN5O2S/c1-4-25(18,24)13-7-5-12(6-8-13)21-16-19-9-14(17)15(22-16)20-10(2)11(3)23/h5-11,18,23H,4H2,1-3H3,(H2,19,20,21,22)/t10-,11-,25?/m1/s1. The van der Waals surface area contributed by atoms with Gasteiger partial charge in [-0.3, -0.25) is 0 Å². The number of benzene rings is 1. The van der Waals surface area contributed by atoms with E-state index in [9.17, 15) is 9.32 Å². The molecule has 0 amide bonds. The summed E-state index contributed by atoms with van der Waals surface area (Å²) in [5, 5.41) is 15.8. The molecule has 1 unspecified atom stereocenters. The molecule has 0 spiro atoms. The van der Waals surface area contributed by atoms with Crippen LogP contribution in [0.1, 0.15) is 20.8 Å². The molecule has 136 valence electrons. The lowest BCUT2D eigenvalue weighted by atomic mass is 10.2. The number of hydrogen-bond acceptors (Lipinski definition) is 7. The van der Waals surface area contributed by atoms with Crippen molar-refractivity contribution in [2.75, 3.05) is 16.4 Å². The highest BCUT2D eigenvalue weighted by Crippen LogP contribution is 2.23. The van der Waals surface area contributed by atoms with Gasteiger partial charge in [0.25, 0.3) is 0 Å². The van der Waals surface area contributed by atoms with Crippen LogP contribution in [0.3, 0.4) is 0 Å². The summed E-state index contributed by atoms with van der Waals surface area (Å²) < 4.78 is 20.6. The van der Waals surface area contributed by atoms with Crippen LogP contribution < -0.4 is 10.6 Å². The SMILES string of the molecule is CCS(=N)(=O)c1ccc(Nc2ncc(Br)c(N[C@H](C)[C@@H](C)O)n2)cc1. The predicted molar refractivity (Wildman–Crippen MR) is 104 cm³/mol. The first-order chi connectivity index (χ1) is 11.7. The van der Waals surface area contributed by atoms with Crippen LogP contribution in [0.2, 0.25) is 0 Å². The third kappa shape index (κ3) is 5.13.